The summed E-state index contributed by atoms with van der Waals surface area (Å²) in [6, 6.07) is 0.639. The Morgan fingerprint density at radius 1 is 1.20 bits per heavy atom. The first-order chi connectivity index (χ1) is 4.57. The van der Waals surface area contributed by atoms with Crippen LogP contribution in [0.25, 0.3) is 0 Å². The van der Waals surface area contributed by atoms with E-state index in [0.29, 0.717) is 6.04 Å². The lowest BCUT2D eigenvalue weighted by atomic mass is 10.2. The van der Waals surface area contributed by atoms with E-state index in [0.717, 1.165) is 12.5 Å². The molecule has 0 atom stereocenters. The van der Waals surface area contributed by atoms with Crippen molar-refractivity contribution in [2.45, 2.75) is 33.7 Å². The highest BCUT2D eigenvalue weighted by Crippen LogP contribution is 2.02. The quantitative estimate of drug-likeness (QED) is 0.581. The molecule has 10 heavy (non-hydrogen) atoms. The Bertz CT molecular complexity index is 76.8. The Morgan fingerprint density at radius 3 is 1.80 bits per heavy atom. The van der Waals surface area contributed by atoms with Crippen LogP contribution in [0.15, 0.2) is 0 Å². The van der Waals surface area contributed by atoms with Crippen LogP contribution in [0, 0.1) is 12.8 Å². The molecule has 0 fully saturated rings. The second-order valence-corrected chi connectivity index (χ2v) is 3.48. The molecule has 0 bridgehead atoms. The van der Waals surface area contributed by atoms with Gasteiger partial charge in [-0.3, -0.25) is 0 Å². The summed E-state index contributed by atoms with van der Waals surface area (Å²) in [6.07, 6.45) is 0. The minimum absolute atomic E-state index is 0.639. The molecule has 0 unspecified atom stereocenters. The molecule has 0 spiro atoms. The van der Waals surface area contributed by atoms with Gasteiger partial charge in [0.1, 0.15) is 0 Å². The molecular weight excluding hydrogens is 122 g/mol. The molecule has 61 valence electrons. The maximum atomic E-state index is 3.89. The van der Waals surface area contributed by atoms with E-state index in [-0.39, 0.29) is 0 Å². The van der Waals surface area contributed by atoms with Gasteiger partial charge in [-0.15, -0.1) is 0 Å². The molecule has 1 heteroatoms. The zero-order chi connectivity index (χ0) is 8.15. The molecule has 0 aliphatic rings. The van der Waals surface area contributed by atoms with Gasteiger partial charge in [0.2, 0.25) is 0 Å². The van der Waals surface area contributed by atoms with Crippen LogP contribution in [0.4, 0.5) is 0 Å². The van der Waals surface area contributed by atoms with E-state index in [1.807, 2.05) is 0 Å². The van der Waals surface area contributed by atoms with Crippen molar-refractivity contribution in [2.24, 2.45) is 5.92 Å². The lowest BCUT2D eigenvalue weighted by Gasteiger charge is -2.26. The molecule has 0 aromatic heterocycles. The van der Waals surface area contributed by atoms with Crippen LogP contribution in [0.1, 0.15) is 27.7 Å². The molecule has 0 aliphatic carbocycles. The van der Waals surface area contributed by atoms with Crippen molar-refractivity contribution in [1.82, 2.24) is 4.90 Å². The zero-order valence-corrected chi connectivity index (χ0v) is 7.72. The molecule has 0 N–H and O–H groups in total. The van der Waals surface area contributed by atoms with Crippen molar-refractivity contribution < 1.29 is 0 Å². The van der Waals surface area contributed by atoms with Crippen LogP contribution in [0.3, 0.4) is 0 Å². The molecular formula is C9H20N. The van der Waals surface area contributed by atoms with Crippen molar-refractivity contribution in [3.05, 3.63) is 6.92 Å². The SMILES string of the molecule is [CH2]CN(CC(C)C)C(C)C. The fourth-order valence-corrected chi connectivity index (χ4v) is 1.03. The summed E-state index contributed by atoms with van der Waals surface area (Å²) in [7, 11) is 0. The summed E-state index contributed by atoms with van der Waals surface area (Å²) in [6.45, 7) is 14.9. The molecule has 0 aliphatic heterocycles. The normalized spacial score (nSPS) is 12.0. The summed E-state index contributed by atoms with van der Waals surface area (Å²) in [4.78, 5) is 2.38. The zero-order valence-electron chi connectivity index (χ0n) is 7.72. The monoisotopic (exact) mass is 142 g/mol. The lowest BCUT2D eigenvalue weighted by molar-refractivity contribution is 0.218. The molecule has 0 aromatic rings. The third kappa shape index (κ3) is 3.89. The third-order valence-electron chi connectivity index (χ3n) is 1.62. The molecule has 0 saturated carbocycles. The Labute approximate surface area is 65.4 Å². The van der Waals surface area contributed by atoms with Crippen LogP contribution < -0.4 is 0 Å². The van der Waals surface area contributed by atoms with Gasteiger partial charge in [-0.05, 0) is 33.2 Å². The van der Waals surface area contributed by atoms with Crippen molar-refractivity contribution in [3.63, 3.8) is 0 Å². The van der Waals surface area contributed by atoms with E-state index in [9.17, 15) is 0 Å². The minimum Gasteiger partial charge on any atom is -0.301 e. The number of nitrogens with zero attached hydrogens (tertiary/aromatic N) is 1. The molecule has 0 rings (SSSR count). The Balaban J connectivity index is 3.60. The molecule has 0 aromatic carbocycles. The maximum Gasteiger partial charge on any atom is 0.00387 e. The van der Waals surface area contributed by atoms with E-state index in [1.54, 1.807) is 0 Å². The largest absolute Gasteiger partial charge is 0.301 e. The van der Waals surface area contributed by atoms with Crippen LogP contribution >= 0.6 is 0 Å². The van der Waals surface area contributed by atoms with Gasteiger partial charge in [-0.2, -0.15) is 0 Å². The topological polar surface area (TPSA) is 3.24 Å². The van der Waals surface area contributed by atoms with Crippen LogP contribution in [-0.2, 0) is 0 Å². The van der Waals surface area contributed by atoms with Gasteiger partial charge >= 0.3 is 0 Å². The highest BCUT2D eigenvalue weighted by molar-refractivity contribution is 4.64. The summed E-state index contributed by atoms with van der Waals surface area (Å²) >= 11 is 0. The summed E-state index contributed by atoms with van der Waals surface area (Å²) in [5.41, 5.74) is 0. The van der Waals surface area contributed by atoms with Crippen molar-refractivity contribution in [3.8, 4) is 0 Å². The Kier molecular flexibility index (Phi) is 4.71. The first-order valence-corrected chi connectivity index (χ1v) is 4.11. The predicted octanol–water partition coefficient (Wildman–Crippen LogP) is 2.19. The third-order valence-corrected chi connectivity index (χ3v) is 1.62. The van der Waals surface area contributed by atoms with Gasteiger partial charge in [0.25, 0.3) is 0 Å². The summed E-state index contributed by atoms with van der Waals surface area (Å²) in [5.74, 6) is 0.754. The fraction of sp³-hybridized carbons (Fsp3) is 0.889. The first-order valence-electron chi connectivity index (χ1n) is 4.11. The maximum absolute atomic E-state index is 3.89. The number of hydrogen-bond donors (Lipinski definition) is 0. The lowest BCUT2D eigenvalue weighted by Crippen LogP contribution is -2.33. The average molecular weight is 142 g/mol. The number of hydrogen-bond acceptors (Lipinski definition) is 1. The van der Waals surface area contributed by atoms with Crippen LogP contribution in [-0.4, -0.2) is 24.0 Å². The second kappa shape index (κ2) is 4.73. The molecule has 0 heterocycles. The molecule has 1 radical (unpaired) electrons. The van der Waals surface area contributed by atoms with Crippen LogP contribution in [0.2, 0.25) is 0 Å². The minimum atomic E-state index is 0.639. The van der Waals surface area contributed by atoms with Crippen molar-refractivity contribution in [1.29, 1.82) is 0 Å². The van der Waals surface area contributed by atoms with Gasteiger partial charge in [0, 0.05) is 12.6 Å². The standard InChI is InChI=1S/C9H20N/c1-6-10(9(4)5)7-8(2)3/h8-9H,1,6-7H2,2-5H3. The van der Waals surface area contributed by atoms with Gasteiger partial charge in [0.15, 0.2) is 0 Å². The first kappa shape index (κ1) is 9.96. The highest BCUT2D eigenvalue weighted by Gasteiger charge is 2.07. The Hall–Kier alpha value is -0.0400. The van der Waals surface area contributed by atoms with Gasteiger partial charge in [-0.1, -0.05) is 13.8 Å². The van der Waals surface area contributed by atoms with Crippen LogP contribution in [0.5, 0.6) is 0 Å². The molecule has 0 amide bonds. The van der Waals surface area contributed by atoms with Crippen molar-refractivity contribution in [2.75, 3.05) is 13.1 Å². The summed E-state index contributed by atoms with van der Waals surface area (Å²) in [5, 5.41) is 0. The van der Waals surface area contributed by atoms with E-state index in [1.165, 1.54) is 6.54 Å². The van der Waals surface area contributed by atoms with E-state index in [4.69, 9.17) is 0 Å². The van der Waals surface area contributed by atoms with E-state index >= 15 is 0 Å². The second-order valence-electron chi connectivity index (χ2n) is 3.48. The predicted molar refractivity (Wildman–Crippen MR) is 46.9 cm³/mol. The van der Waals surface area contributed by atoms with E-state index < -0.39 is 0 Å². The fourth-order valence-electron chi connectivity index (χ4n) is 1.03. The highest BCUT2D eigenvalue weighted by atomic mass is 15.1. The smallest absolute Gasteiger partial charge is 0.00387 e. The van der Waals surface area contributed by atoms with Gasteiger partial charge in [0.05, 0.1) is 0 Å². The van der Waals surface area contributed by atoms with Gasteiger partial charge < -0.3 is 4.90 Å². The average Bonchev–Trinajstić information content (AvgIpc) is 1.81. The van der Waals surface area contributed by atoms with Crippen molar-refractivity contribution >= 4 is 0 Å². The Morgan fingerprint density at radius 2 is 1.70 bits per heavy atom. The van der Waals surface area contributed by atoms with E-state index in [2.05, 4.69) is 39.5 Å². The molecule has 1 nitrogen and oxygen atoms in total. The molecule has 0 saturated heterocycles. The van der Waals surface area contributed by atoms with Gasteiger partial charge in [-0.25, -0.2) is 0 Å². The number of rotatable bonds is 4. The summed E-state index contributed by atoms with van der Waals surface area (Å²) < 4.78 is 0.